The van der Waals surface area contributed by atoms with E-state index >= 15 is 0 Å². The van der Waals surface area contributed by atoms with Crippen LogP contribution in [0.25, 0.3) is 0 Å². The molecule has 0 saturated heterocycles. The highest BCUT2D eigenvalue weighted by atomic mass is 16.5. The van der Waals surface area contributed by atoms with Crippen LogP contribution in [0, 0.1) is 0 Å². The van der Waals surface area contributed by atoms with E-state index in [1.54, 1.807) is 43.9 Å². The van der Waals surface area contributed by atoms with Gasteiger partial charge in [-0.1, -0.05) is 0 Å². The van der Waals surface area contributed by atoms with Gasteiger partial charge in [-0.3, -0.25) is 9.78 Å². The van der Waals surface area contributed by atoms with Gasteiger partial charge < -0.3 is 15.0 Å². The zero-order chi connectivity index (χ0) is 11.4. The van der Waals surface area contributed by atoms with Gasteiger partial charge in [0.2, 0.25) is 0 Å². The SMILES string of the molecule is COc1ccncc1NC(=O)c1ccc[nH]1. The number of aromatic nitrogens is 2. The molecule has 0 aliphatic rings. The molecule has 0 unspecified atom stereocenters. The molecule has 2 aromatic heterocycles. The predicted octanol–water partition coefficient (Wildman–Crippen LogP) is 1.67. The molecule has 2 aromatic rings. The summed E-state index contributed by atoms with van der Waals surface area (Å²) in [6.45, 7) is 0. The monoisotopic (exact) mass is 217 g/mol. The van der Waals surface area contributed by atoms with Crippen LogP contribution in [0.15, 0.2) is 36.8 Å². The number of carbonyl (C=O) groups is 1. The summed E-state index contributed by atoms with van der Waals surface area (Å²) in [6.07, 6.45) is 4.83. The van der Waals surface area contributed by atoms with E-state index in [0.717, 1.165) is 0 Å². The number of H-pyrrole nitrogens is 1. The van der Waals surface area contributed by atoms with Crippen LogP contribution in [0.5, 0.6) is 5.75 Å². The molecular formula is C11H11N3O2. The van der Waals surface area contributed by atoms with E-state index < -0.39 is 0 Å². The van der Waals surface area contributed by atoms with Crippen molar-refractivity contribution in [3.05, 3.63) is 42.5 Å². The van der Waals surface area contributed by atoms with Gasteiger partial charge in [-0.05, 0) is 12.1 Å². The van der Waals surface area contributed by atoms with Crippen molar-refractivity contribution in [3.63, 3.8) is 0 Å². The average Bonchev–Trinajstić information content (AvgIpc) is 2.83. The summed E-state index contributed by atoms with van der Waals surface area (Å²) in [6, 6.07) is 5.14. The average molecular weight is 217 g/mol. The molecule has 0 bridgehead atoms. The Hall–Kier alpha value is -2.30. The highest BCUT2D eigenvalue weighted by molar-refractivity contribution is 6.03. The van der Waals surface area contributed by atoms with E-state index in [4.69, 9.17) is 4.74 Å². The maximum absolute atomic E-state index is 11.7. The zero-order valence-electron chi connectivity index (χ0n) is 8.73. The number of nitrogens with zero attached hydrogens (tertiary/aromatic N) is 1. The second kappa shape index (κ2) is 4.48. The molecule has 82 valence electrons. The van der Waals surface area contributed by atoms with E-state index in [2.05, 4.69) is 15.3 Å². The second-order valence-corrected chi connectivity index (χ2v) is 3.11. The summed E-state index contributed by atoms with van der Waals surface area (Å²) in [5.74, 6) is 0.353. The topological polar surface area (TPSA) is 67.0 Å². The highest BCUT2D eigenvalue weighted by Gasteiger charge is 2.09. The fourth-order valence-corrected chi connectivity index (χ4v) is 1.31. The molecule has 0 aromatic carbocycles. The van der Waals surface area contributed by atoms with Crippen molar-refractivity contribution in [2.75, 3.05) is 12.4 Å². The van der Waals surface area contributed by atoms with Crippen LogP contribution in [0.4, 0.5) is 5.69 Å². The molecule has 2 N–H and O–H groups in total. The lowest BCUT2D eigenvalue weighted by Crippen LogP contribution is -2.13. The molecule has 0 fully saturated rings. The van der Waals surface area contributed by atoms with E-state index in [-0.39, 0.29) is 5.91 Å². The predicted molar refractivity (Wildman–Crippen MR) is 59.5 cm³/mol. The Bertz CT molecular complexity index is 480. The Labute approximate surface area is 92.5 Å². The maximum Gasteiger partial charge on any atom is 0.272 e. The van der Waals surface area contributed by atoms with Crippen molar-refractivity contribution < 1.29 is 9.53 Å². The lowest BCUT2D eigenvalue weighted by Gasteiger charge is -2.08. The Morgan fingerprint density at radius 1 is 1.50 bits per heavy atom. The normalized spacial score (nSPS) is 9.81. The molecular weight excluding hydrogens is 206 g/mol. The van der Waals surface area contributed by atoms with Crippen molar-refractivity contribution in [1.82, 2.24) is 9.97 Å². The molecule has 0 aliphatic carbocycles. The molecule has 2 heterocycles. The smallest absolute Gasteiger partial charge is 0.272 e. The second-order valence-electron chi connectivity index (χ2n) is 3.11. The molecule has 0 aliphatic heterocycles. The lowest BCUT2D eigenvalue weighted by atomic mass is 10.3. The minimum absolute atomic E-state index is 0.226. The van der Waals surface area contributed by atoms with Gasteiger partial charge in [0.1, 0.15) is 17.1 Å². The van der Waals surface area contributed by atoms with Crippen molar-refractivity contribution in [2.24, 2.45) is 0 Å². The van der Waals surface area contributed by atoms with Gasteiger partial charge in [0.25, 0.3) is 5.91 Å². The number of anilines is 1. The maximum atomic E-state index is 11.7. The lowest BCUT2D eigenvalue weighted by molar-refractivity contribution is 0.102. The van der Waals surface area contributed by atoms with Gasteiger partial charge in [-0.15, -0.1) is 0 Å². The summed E-state index contributed by atoms with van der Waals surface area (Å²) < 4.78 is 5.10. The third kappa shape index (κ3) is 2.03. The first-order valence-corrected chi connectivity index (χ1v) is 4.74. The number of hydrogen-bond donors (Lipinski definition) is 2. The Morgan fingerprint density at radius 3 is 3.06 bits per heavy atom. The standard InChI is InChI=1S/C11H11N3O2/c1-16-10-4-6-12-7-9(10)14-11(15)8-3-2-5-13-8/h2-7,13H,1H3,(H,14,15). The van der Waals surface area contributed by atoms with E-state index in [1.807, 2.05) is 0 Å². The third-order valence-electron chi connectivity index (χ3n) is 2.09. The molecule has 16 heavy (non-hydrogen) atoms. The van der Waals surface area contributed by atoms with Crippen LogP contribution in [-0.4, -0.2) is 23.0 Å². The van der Waals surface area contributed by atoms with Gasteiger partial charge in [0, 0.05) is 18.5 Å². The summed E-state index contributed by atoms with van der Waals surface area (Å²) in [5, 5.41) is 2.71. The minimum Gasteiger partial charge on any atom is -0.494 e. The molecule has 5 heteroatoms. The van der Waals surface area contributed by atoms with Gasteiger partial charge in [0.05, 0.1) is 13.3 Å². The Kier molecular flexibility index (Phi) is 2.86. The molecule has 0 spiro atoms. The van der Waals surface area contributed by atoms with Gasteiger partial charge >= 0.3 is 0 Å². The number of ether oxygens (including phenoxy) is 1. The number of amides is 1. The van der Waals surface area contributed by atoms with Gasteiger partial charge in [0.15, 0.2) is 0 Å². The number of hydrogen-bond acceptors (Lipinski definition) is 3. The first-order chi connectivity index (χ1) is 7.81. The van der Waals surface area contributed by atoms with E-state index in [1.165, 1.54) is 0 Å². The molecule has 0 radical (unpaired) electrons. The van der Waals surface area contributed by atoms with Crippen LogP contribution in [0.2, 0.25) is 0 Å². The van der Waals surface area contributed by atoms with E-state index in [9.17, 15) is 4.79 Å². The highest BCUT2D eigenvalue weighted by Crippen LogP contribution is 2.22. The van der Waals surface area contributed by atoms with E-state index in [0.29, 0.717) is 17.1 Å². The molecule has 1 amide bonds. The Balaban J connectivity index is 2.18. The summed E-state index contributed by atoms with van der Waals surface area (Å²) >= 11 is 0. The van der Waals surface area contributed by atoms with Crippen molar-refractivity contribution >= 4 is 11.6 Å². The molecule has 0 atom stereocenters. The van der Waals surface area contributed by atoms with Crippen LogP contribution in [0.3, 0.4) is 0 Å². The number of nitrogens with one attached hydrogen (secondary N) is 2. The third-order valence-corrected chi connectivity index (χ3v) is 2.09. The first-order valence-electron chi connectivity index (χ1n) is 4.74. The van der Waals surface area contributed by atoms with Gasteiger partial charge in [-0.25, -0.2) is 0 Å². The fourth-order valence-electron chi connectivity index (χ4n) is 1.31. The van der Waals surface area contributed by atoms with Crippen LogP contribution in [-0.2, 0) is 0 Å². The number of carbonyl (C=O) groups excluding carboxylic acids is 1. The number of pyridine rings is 1. The Morgan fingerprint density at radius 2 is 2.38 bits per heavy atom. The number of methoxy groups -OCH3 is 1. The molecule has 2 rings (SSSR count). The number of rotatable bonds is 3. The minimum atomic E-state index is -0.226. The zero-order valence-corrected chi connectivity index (χ0v) is 8.73. The van der Waals surface area contributed by atoms with Crippen LogP contribution < -0.4 is 10.1 Å². The largest absolute Gasteiger partial charge is 0.494 e. The van der Waals surface area contributed by atoms with Gasteiger partial charge in [-0.2, -0.15) is 0 Å². The van der Waals surface area contributed by atoms with Crippen LogP contribution >= 0.6 is 0 Å². The summed E-state index contributed by atoms with van der Waals surface area (Å²) in [5.41, 5.74) is 1.04. The molecule has 0 saturated carbocycles. The van der Waals surface area contributed by atoms with Crippen molar-refractivity contribution in [3.8, 4) is 5.75 Å². The first kappa shape index (κ1) is 10.2. The van der Waals surface area contributed by atoms with Crippen LogP contribution in [0.1, 0.15) is 10.5 Å². The summed E-state index contributed by atoms with van der Waals surface area (Å²) in [7, 11) is 1.54. The molecule has 5 nitrogen and oxygen atoms in total. The van der Waals surface area contributed by atoms with Crippen molar-refractivity contribution in [2.45, 2.75) is 0 Å². The fraction of sp³-hybridized carbons (Fsp3) is 0.0909. The number of aromatic amines is 1. The van der Waals surface area contributed by atoms with Crippen molar-refractivity contribution in [1.29, 1.82) is 0 Å². The summed E-state index contributed by atoms with van der Waals surface area (Å²) in [4.78, 5) is 18.5. The quantitative estimate of drug-likeness (QED) is 0.821.